The van der Waals surface area contributed by atoms with E-state index in [9.17, 15) is 0 Å². The molecule has 17 heavy (non-hydrogen) atoms. The second-order valence-corrected chi connectivity index (χ2v) is 6.01. The second-order valence-electron chi connectivity index (χ2n) is 6.01. The summed E-state index contributed by atoms with van der Waals surface area (Å²) in [6.07, 6.45) is 5.20. The summed E-state index contributed by atoms with van der Waals surface area (Å²) in [6.45, 7) is 4.99. The first kappa shape index (κ1) is 11.9. The maximum atomic E-state index is 6.11. The molecule has 2 aliphatic heterocycles. The predicted molar refractivity (Wildman–Crippen MR) is 68.0 cm³/mol. The van der Waals surface area contributed by atoms with Gasteiger partial charge in [-0.25, -0.2) is 0 Å². The van der Waals surface area contributed by atoms with Gasteiger partial charge >= 0.3 is 0 Å². The first-order chi connectivity index (χ1) is 8.25. The molecule has 1 saturated carbocycles. The van der Waals surface area contributed by atoms with E-state index < -0.39 is 0 Å². The summed E-state index contributed by atoms with van der Waals surface area (Å²) < 4.78 is 5.52. The second kappa shape index (κ2) is 4.50. The van der Waals surface area contributed by atoms with Gasteiger partial charge in [0.05, 0.1) is 6.61 Å². The van der Waals surface area contributed by atoms with Crippen molar-refractivity contribution in [1.29, 1.82) is 0 Å². The lowest BCUT2D eigenvalue weighted by Crippen LogP contribution is -2.57. The molecule has 2 saturated heterocycles. The van der Waals surface area contributed by atoms with Gasteiger partial charge in [-0.2, -0.15) is 0 Å². The first-order valence-corrected chi connectivity index (χ1v) is 7.00. The van der Waals surface area contributed by atoms with Crippen molar-refractivity contribution in [1.82, 2.24) is 9.80 Å². The molecule has 2 N–H and O–H groups in total. The molecule has 2 atom stereocenters. The fraction of sp³-hybridized carbons (Fsp3) is 1.00. The van der Waals surface area contributed by atoms with Gasteiger partial charge in [-0.05, 0) is 32.7 Å². The third-order valence-corrected chi connectivity index (χ3v) is 5.01. The molecular formula is C13H25N3O. The number of hydrogen-bond acceptors (Lipinski definition) is 4. The number of likely N-dealkylation sites (N-methyl/N-ethyl adjacent to an activating group) is 1. The zero-order valence-electron chi connectivity index (χ0n) is 10.9. The number of hydrogen-bond donors (Lipinski definition) is 1. The van der Waals surface area contributed by atoms with Crippen LogP contribution in [0.4, 0.5) is 0 Å². The molecule has 0 spiro atoms. The molecule has 1 aliphatic carbocycles. The van der Waals surface area contributed by atoms with Crippen LogP contribution < -0.4 is 5.73 Å². The monoisotopic (exact) mass is 239 g/mol. The molecule has 0 aromatic heterocycles. The van der Waals surface area contributed by atoms with Crippen LogP contribution in [-0.4, -0.2) is 67.3 Å². The van der Waals surface area contributed by atoms with Crippen LogP contribution in [0.15, 0.2) is 0 Å². The molecule has 4 nitrogen and oxygen atoms in total. The van der Waals surface area contributed by atoms with E-state index in [-0.39, 0.29) is 5.54 Å². The summed E-state index contributed by atoms with van der Waals surface area (Å²) in [6, 6.07) is 1.45. The fourth-order valence-corrected chi connectivity index (χ4v) is 3.45. The molecule has 2 unspecified atom stereocenters. The summed E-state index contributed by atoms with van der Waals surface area (Å²) >= 11 is 0. The zero-order chi connectivity index (χ0) is 11.9. The van der Waals surface area contributed by atoms with E-state index in [0.29, 0.717) is 6.04 Å². The van der Waals surface area contributed by atoms with Gasteiger partial charge < -0.3 is 10.5 Å². The Labute approximate surface area is 104 Å². The minimum atomic E-state index is 0.209. The lowest BCUT2D eigenvalue weighted by molar-refractivity contribution is 0.0699. The largest absolute Gasteiger partial charge is 0.380 e. The van der Waals surface area contributed by atoms with Gasteiger partial charge in [0, 0.05) is 43.9 Å². The van der Waals surface area contributed by atoms with Crippen LogP contribution in [0, 0.1) is 0 Å². The van der Waals surface area contributed by atoms with Crippen molar-refractivity contribution in [3.05, 3.63) is 0 Å². The van der Waals surface area contributed by atoms with E-state index in [0.717, 1.165) is 25.8 Å². The Morgan fingerprint density at radius 3 is 2.82 bits per heavy atom. The molecule has 3 fully saturated rings. The van der Waals surface area contributed by atoms with Gasteiger partial charge in [-0.1, -0.05) is 0 Å². The highest BCUT2D eigenvalue weighted by Gasteiger charge is 2.46. The third-order valence-electron chi connectivity index (χ3n) is 5.01. The van der Waals surface area contributed by atoms with Crippen LogP contribution in [0.25, 0.3) is 0 Å². The van der Waals surface area contributed by atoms with Gasteiger partial charge in [0.2, 0.25) is 0 Å². The molecule has 98 valence electrons. The van der Waals surface area contributed by atoms with Crippen LogP contribution in [0.3, 0.4) is 0 Å². The predicted octanol–water partition coefficient (Wildman–Crippen LogP) is 0.273. The van der Waals surface area contributed by atoms with E-state index in [1.165, 1.54) is 38.8 Å². The van der Waals surface area contributed by atoms with E-state index in [2.05, 4.69) is 16.8 Å². The normalized spacial score (nSPS) is 39.4. The van der Waals surface area contributed by atoms with Crippen molar-refractivity contribution in [2.24, 2.45) is 5.73 Å². The maximum Gasteiger partial charge on any atom is 0.0622 e. The number of ether oxygens (including phenoxy) is 1. The van der Waals surface area contributed by atoms with Gasteiger partial charge in [-0.15, -0.1) is 0 Å². The fourth-order valence-electron chi connectivity index (χ4n) is 3.45. The molecular weight excluding hydrogens is 214 g/mol. The summed E-state index contributed by atoms with van der Waals surface area (Å²) in [4.78, 5) is 5.18. The van der Waals surface area contributed by atoms with Crippen molar-refractivity contribution in [3.8, 4) is 0 Å². The Kier molecular flexibility index (Phi) is 3.15. The smallest absolute Gasteiger partial charge is 0.0622 e. The van der Waals surface area contributed by atoms with Crippen molar-refractivity contribution < 1.29 is 4.74 Å². The molecule has 0 bridgehead atoms. The van der Waals surface area contributed by atoms with E-state index in [1.807, 2.05) is 0 Å². The number of likely N-dealkylation sites (tertiary alicyclic amines) is 1. The van der Waals surface area contributed by atoms with Crippen molar-refractivity contribution >= 4 is 0 Å². The molecule has 2 heterocycles. The number of nitrogens with zero attached hydrogens (tertiary/aromatic N) is 2. The lowest BCUT2D eigenvalue weighted by atomic mass is 9.94. The first-order valence-electron chi connectivity index (χ1n) is 7.00. The van der Waals surface area contributed by atoms with Gasteiger partial charge in [-0.3, -0.25) is 9.80 Å². The molecule has 4 heteroatoms. The maximum absolute atomic E-state index is 6.11. The average molecular weight is 239 g/mol. The molecule has 0 radical (unpaired) electrons. The molecule has 0 amide bonds. The average Bonchev–Trinajstić information content (AvgIpc) is 2.93. The standard InChI is InChI=1S/C13H25N3O/c1-15(12-4-7-17-8-12)13(9-14)5-6-16(10-13)11-2-3-11/h11-12H,2-10,14H2,1H3. The SMILES string of the molecule is CN(C1CCOC1)C1(CN)CCN(C2CC2)C1. The topological polar surface area (TPSA) is 41.7 Å². The lowest BCUT2D eigenvalue weighted by Gasteiger charge is -2.41. The highest BCUT2D eigenvalue weighted by molar-refractivity contribution is 5.04. The number of rotatable bonds is 4. The van der Waals surface area contributed by atoms with Crippen molar-refractivity contribution in [2.75, 3.05) is 39.9 Å². The summed E-state index contributed by atoms with van der Waals surface area (Å²) in [5.74, 6) is 0. The third kappa shape index (κ3) is 2.12. The molecule has 0 aromatic carbocycles. The Morgan fingerprint density at radius 2 is 2.24 bits per heavy atom. The summed E-state index contributed by atoms with van der Waals surface area (Å²) in [5.41, 5.74) is 6.32. The van der Waals surface area contributed by atoms with E-state index in [4.69, 9.17) is 10.5 Å². The van der Waals surface area contributed by atoms with E-state index >= 15 is 0 Å². The Balaban J connectivity index is 1.68. The minimum Gasteiger partial charge on any atom is -0.380 e. The quantitative estimate of drug-likeness (QED) is 0.765. The number of nitrogens with two attached hydrogens (primary N) is 1. The van der Waals surface area contributed by atoms with Crippen LogP contribution in [0.2, 0.25) is 0 Å². The Hall–Kier alpha value is -0.160. The highest BCUT2D eigenvalue weighted by atomic mass is 16.5. The van der Waals surface area contributed by atoms with Gasteiger partial charge in [0.15, 0.2) is 0 Å². The van der Waals surface area contributed by atoms with Crippen LogP contribution in [0.1, 0.15) is 25.7 Å². The molecule has 3 aliphatic rings. The van der Waals surface area contributed by atoms with Crippen molar-refractivity contribution in [3.63, 3.8) is 0 Å². The van der Waals surface area contributed by atoms with Crippen LogP contribution in [0.5, 0.6) is 0 Å². The molecule has 0 aromatic rings. The zero-order valence-corrected chi connectivity index (χ0v) is 10.9. The molecule has 3 rings (SSSR count). The summed E-state index contributed by atoms with van der Waals surface area (Å²) in [5, 5.41) is 0. The van der Waals surface area contributed by atoms with Gasteiger partial charge in [0.25, 0.3) is 0 Å². The highest BCUT2D eigenvalue weighted by Crippen LogP contribution is 2.36. The van der Waals surface area contributed by atoms with Gasteiger partial charge in [0.1, 0.15) is 0 Å². The minimum absolute atomic E-state index is 0.209. The van der Waals surface area contributed by atoms with Crippen molar-refractivity contribution in [2.45, 2.75) is 43.3 Å². The van der Waals surface area contributed by atoms with Crippen LogP contribution >= 0.6 is 0 Å². The van der Waals surface area contributed by atoms with E-state index in [1.54, 1.807) is 0 Å². The Morgan fingerprint density at radius 1 is 1.41 bits per heavy atom. The van der Waals surface area contributed by atoms with Crippen LogP contribution in [-0.2, 0) is 4.74 Å². The summed E-state index contributed by atoms with van der Waals surface area (Å²) in [7, 11) is 2.25. The Bertz CT molecular complexity index is 276.